The molecule has 10 nitrogen and oxygen atoms in total. The van der Waals surface area contributed by atoms with Crippen molar-refractivity contribution in [3.63, 3.8) is 0 Å². The molecular formula is C20H17NO9. The lowest BCUT2D eigenvalue weighted by Gasteiger charge is -2.62. The van der Waals surface area contributed by atoms with Crippen LogP contribution in [-0.4, -0.2) is 55.1 Å². The third kappa shape index (κ3) is 1.72. The van der Waals surface area contributed by atoms with Crippen molar-refractivity contribution in [1.29, 1.82) is 0 Å². The third-order valence-corrected chi connectivity index (χ3v) is 7.10. The minimum absolute atomic E-state index is 0.171. The molecule has 0 radical (unpaired) electrons. The third-order valence-electron chi connectivity index (χ3n) is 7.10. The van der Waals surface area contributed by atoms with Gasteiger partial charge in [0.05, 0.1) is 23.0 Å². The van der Waals surface area contributed by atoms with Crippen LogP contribution in [-0.2, 0) is 24.7 Å². The Balaban J connectivity index is 1.89. The van der Waals surface area contributed by atoms with Gasteiger partial charge in [0.2, 0.25) is 11.6 Å². The Morgan fingerprint density at radius 1 is 1.20 bits per heavy atom. The van der Waals surface area contributed by atoms with Gasteiger partial charge in [0, 0.05) is 5.92 Å². The number of carbonyl (C=O) groups is 4. The highest BCUT2D eigenvalue weighted by Gasteiger charge is 2.77. The van der Waals surface area contributed by atoms with Crippen LogP contribution >= 0.6 is 0 Å². The fraction of sp³-hybridized carbons (Fsp3) is 0.400. The highest BCUT2D eigenvalue weighted by molar-refractivity contribution is 6.32. The topological polar surface area (TPSA) is 184 Å². The standard InChI is InChI=1S/C20H17NO9/c1-18-6-3-2-4-8(22)10(6)13(23)11-7(18)5-9-19(28,14(11)24)15(25)12(17(21)27)16(26)20(9,29)30-18/h2-4,7,9,11,22,26,28-29H,5H2,1H3,(H2,21,27)/t7-,9+,11+,18+,19-,20+/m0/s1. The van der Waals surface area contributed by atoms with E-state index in [1.165, 1.54) is 25.1 Å². The van der Waals surface area contributed by atoms with Gasteiger partial charge in [-0.15, -0.1) is 0 Å². The average molecular weight is 415 g/mol. The van der Waals surface area contributed by atoms with Crippen LogP contribution in [0.15, 0.2) is 29.5 Å². The number of primary amides is 1. The number of hydrogen-bond donors (Lipinski definition) is 5. The Hall–Kier alpha value is -3.08. The molecule has 3 aliphatic carbocycles. The molecule has 1 aromatic rings. The number of phenolic OH excluding ortho intramolecular Hbond substituents is 1. The molecule has 10 heteroatoms. The van der Waals surface area contributed by atoms with Crippen LogP contribution in [0.2, 0.25) is 0 Å². The summed E-state index contributed by atoms with van der Waals surface area (Å²) in [5, 5.41) is 43.4. The number of nitrogens with two attached hydrogens (primary N) is 1. The van der Waals surface area contributed by atoms with Crippen molar-refractivity contribution in [3.05, 3.63) is 40.7 Å². The number of phenols is 1. The van der Waals surface area contributed by atoms with Gasteiger partial charge in [-0.2, -0.15) is 0 Å². The lowest BCUT2D eigenvalue weighted by Crippen LogP contribution is -2.77. The monoisotopic (exact) mass is 415 g/mol. The van der Waals surface area contributed by atoms with Crippen molar-refractivity contribution in [3.8, 4) is 5.75 Å². The maximum atomic E-state index is 13.4. The van der Waals surface area contributed by atoms with Crippen LogP contribution in [0.5, 0.6) is 5.75 Å². The number of ether oxygens (including phenoxy) is 1. The van der Waals surface area contributed by atoms with Crippen LogP contribution in [0.4, 0.5) is 0 Å². The molecule has 6 N–H and O–H groups in total. The predicted octanol–water partition coefficient (Wildman–Crippen LogP) is -1.04. The van der Waals surface area contributed by atoms with Crippen molar-refractivity contribution in [2.24, 2.45) is 23.5 Å². The molecule has 1 saturated heterocycles. The summed E-state index contributed by atoms with van der Waals surface area (Å²) in [6.07, 6.45) is -0.247. The maximum Gasteiger partial charge on any atom is 0.256 e. The first-order chi connectivity index (χ1) is 13.9. The number of Topliss-reactive ketones (excluding diaryl/α,β-unsaturated/α-hetero) is 3. The van der Waals surface area contributed by atoms with Gasteiger partial charge in [0.1, 0.15) is 11.3 Å². The lowest BCUT2D eigenvalue weighted by molar-refractivity contribution is -0.356. The molecule has 0 aromatic heterocycles. The molecule has 1 amide bonds. The average Bonchev–Trinajstić information content (AvgIpc) is 2.66. The molecule has 30 heavy (non-hydrogen) atoms. The summed E-state index contributed by atoms with van der Waals surface area (Å²) in [6, 6.07) is 4.15. The van der Waals surface area contributed by atoms with E-state index in [0.29, 0.717) is 0 Å². The van der Waals surface area contributed by atoms with Crippen molar-refractivity contribution in [2.75, 3.05) is 0 Å². The quantitative estimate of drug-likeness (QED) is 0.282. The van der Waals surface area contributed by atoms with Gasteiger partial charge in [-0.1, -0.05) is 12.1 Å². The summed E-state index contributed by atoms with van der Waals surface area (Å²) in [5.74, 6) is -13.6. The normalized spacial score (nSPS) is 41.6. The number of aliphatic hydroxyl groups excluding tert-OH is 1. The zero-order chi connectivity index (χ0) is 22.0. The van der Waals surface area contributed by atoms with E-state index in [0.717, 1.165) is 0 Å². The summed E-state index contributed by atoms with van der Waals surface area (Å²) in [4.78, 5) is 51.3. The summed E-state index contributed by atoms with van der Waals surface area (Å²) < 4.78 is 5.87. The summed E-state index contributed by atoms with van der Waals surface area (Å²) in [7, 11) is 0. The smallest absolute Gasteiger partial charge is 0.256 e. The molecule has 156 valence electrons. The highest BCUT2D eigenvalue weighted by atomic mass is 16.7. The van der Waals surface area contributed by atoms with Gasteiger partial charge in [-0.05, 0) is 25.0 Å². The van der Waals surface area contributed by atoms with Crippen molar-refractivity contribution in [1.82, 2.24) is 0 Å². The molecule has 0 unspecified atom stereocenters. The van der Waals surface area contributed by atoms with Crippen molar-refractivity contribution >= 4 is 23.3 Å². The molecule has 2 fully saturated rings. The van der Waals surface area contributed by atoms with Crippen LogP contribution in [0, 0.1) is 17.8 Å². The number of benzene rings is 1. The molecular weight excluding hydrogens is 398 g/mol. The largest absolute Gasteiger partial charge is 0.507 e. The Labute approximate surface area is 168 Å². The number of amides is 1. The first-order valence-corrected chi connectivity index (χ1v) is 9.25. The first kappa shape index (κ1) is 18.9. The number of carbonyl (C=O) groups excluding carboxylic acids is 4. The first-order valence-electron chi connectivity index (χ1n) is 9.25. The van der Waals surface area contributed by atoms with Gasteiger partial charge in [0.25, 0.3) is 5.91 Å². The maximum absolute atomic E-state index is 13.4. The van der Waals surface area contributed by atoms with E-state index in [1.807, 2.05) is 0 Å². The van der Waals surface area contributed by atoms with Crippen molar-refractivity contribution in [2.45, 2.75) is 30.3 Å². The predicted molar refractivity (Wildman–Crippen MR) is 94.7 cm³/mol. The van der Waals surface area contributed by atoms with E-state index < -0.39 is 75.1 Å². The summed E-state index contributed by atoms with van der Waals surface area (Å²) >= 11 is 0. The fourth-order valence-electron chi connectivity index (χ4n) is 5.72. The number of ketones is 3. The Morgan fingerprint density at radius 2 is 1.87 bits per heavy atom. The Kier molecular flexibility index (Phi) is 3.25. The van der Waals surface area contributed by atoms with E-state index in [1.54, 1.807) is 0 Å². The lowest BCUT2D eigenvalue weighted by atomic mass is 9.49. The minimum Gasteiger partial charge on any atom is -0.507 e. The zero-order valence-electron chi connectivity index (χ0n) is 15.6. The van der Waals surface area contributed by atoms with Crippen LogP contribution < -0.4 is 5.73 Å². The molecule has 1 aliphatic heterocycles. The SMILES string of the molecule is C[C@@]12O[C@@]3(O)C(O)=C(C(N)=O)C(=O)[C@@]4(O)C(=O)[C@@H](C(=O)c5c(O)cccc51)[C@@H]2C[C@H]43. The molecule has 5 rings (SSSR count). The number of hydrogen-bond acceptors (Lipinski definition) is 9. The molecule has 1 aromatic carbocycles. The zero-order valence-corrected chi connectivity index (χ0v) is 15.6. The van der Waals surface area contributed by atoms with Gasteiger partial charge in [0.15, 0.2) is 22.9 Å². The minimum atomic E-state index is -3.01. The Bertz CT molecular complexity index is 1140. The molecule has 6 atom stereocenters. The van der Waals surface area contributed by atoms with Gasteiger partial charge in [-0.3, -0.25) is 19.2 Å². The number of aliphatic hydroxyl groups is 3. The molecule has 0 spiro atoms. The molecule has 1 heterocycles. The number of rotatable bonds is 1. The Morgan fingerprint density at radius 3 is 2.50 bits per heavy atom. The van der Waals surface area contributed by atoms with E-state index >= 15 is 0 Å². The summed E-state index contributed by atoms with van der Waals surface area (Å²) in [5.41, 5.74) is -0.634. The van der Waals surface area contributed by atoms with E-state index in [-0.39, 0.29) is 17.5 Å². The fourth-order valence-corrected chi connectivity index (χ4v) is 5.72. The summed E-state index contributed by atoms with van der Waals surface area (Å²) in [6.45, 7) is 1.47. The second kappa shape index (κ2) is 5.15. The van der Waals surface area contributed by atoms with Crippen LogP contribution in [0.1, 0.15) is 29.3 Å². The molecule has 2 bridgehead atoms. The second-order valence-corrected chi connectivity index (χ2v) is 8.39. The van der Waals surface area contributed by atoms with Crippen LogP contribution in [0.25, 0.3) is 0 Å². The second-order valence-electron chi connectivity index (χ2n) is 8.39. The van der Waals surface area contributed by atoms with E-state index in [9.17, 15) is 39.6 Å². The molecule has 4 aliphatic rings. The van der Waals surface area contributed by atoms with Crippen LogP contribution in [0.3, 0.4) is 0 Å². The van der Waals surface area contributed by atoms with Gasteiger partial charge >= 0.3 is 0 Å². The van der Waals surface area contributed by atoms with Gasteiger partial charge in [-0.25, -0.2) is 0 Å². The van der Waals surface area contributed by atoms with Gasteiger partial charge < -0.3 is 30.9 Å². The number of aromatic hydroxyl groups is 1. The van der Waals surface area contributed by atoms with Crippen molar-refractivity contribution < 1.29 is 44.3 Å². The van der Waals surface area contributed by atoms with E-state index in [2.05, 4.69) is 0 Å². The number of fused-ring (bicyclic) bond motifs is 2. The molecule has 1 saturated carbocycles. The van der Waals surface area contributed by atoms with E-state index in [4.69, 9.17) is 10.5 Å². The highest BCUT2D eigenvalue weighted by Crippen LogP contribution is 2.64.